The van der Waals surface area contributed by atoms with Gasteiger partial charge in [-0.1, -0.05) is 18.2 Å². The first-order valence-electron chi connectivity index (χ1n) is 7.17. The molecule has 0 amide bonds. The van der Waals surface area contributed by atoms with Gasteiger partial charge in [-0.05, 0) is 23.8 Å². The summed E-state index contributed by atoms with van der Waals surface area (Å²) >= 11 is 0. The minimum atomic E-state index is -4.72. The summed E-state index contributed by atoms with van der Waals surface area (Å²) in [4.78, 5) is 11.9. The molecule has 0 saturated carbocycles. The second kappa shape index (κ2) is 6.86. The number of benzene rings is 1. The molecule has 8 heteroatoms. The molecule has 0 radical (unpaired) electrons. The van der Waals surface area contributed by atoms with Crippen LogP contribution in [-0.4, -0.2) is 26.4 Å². The molecule has 5 nitrogen and oxygen atoms in total. The lowest BCUT2D eigenvalue weighted by atomic mass is 10.1. The molecule has 3 aromatic rings. The fourth-order valence-electron chi connectivity index (χ4n) is 2.21. The Morgan fingerprint density at radius 3 is 2.08 bits per heavy atom. The van der Waals surface area contributed by atoms with Crippen molar-refractivity contribution in [3.8, 4) is 16.9 Å². The quantitative estimate of drug-likeness (QED) is 0.782. The van der Waals surface area contributed by atoms with Crippen molar-refractivity contribution in [2.75, 3.05) is 0 Å². The Morgan fingerprint density at radius 2 is 1.52 bits per heavy atom. The van der Waals surface area contributed by atoms with E-state index in [9.17, 15) is 18.3 Å². The second-order valence-corrected chi connectivity index (χ2v) is 5.12. The molecule has 1 N–H and O–H groups in total. The van der Waals surface area contributed by atoms with E-state index in [0.29, 0.717) is 22.4 Å². The van der Waals surface area contributed by atoms with Crippen molar-refractivity contribution in [1.82, 2.24) is 15.0 Å². The summed E-state index contributed by atoms with van der Waals surface area (Å²) in [7, 11) is 0. The predicted molar refractivity (Wildman–Crippen MR) is 82.4 cm³/mol. The number of alkyl halides is 3. The van der Waals surface area contributed by atoms with Crippen LogP contribution in [0.1, 0.15) is 17.4 Å². The molecule has 2 heterocycles. The number of nitrogens with zero attached hydrogens (tertiary/aromatic N) is 3. The number of hydrogen-bond acceptors (Lipinski definition) is 5. The molecule has 25 heavy (non-hydrogen) atoms. The van der Waals surface area contributed by atoms with E-state index in [2.05, 4.69) is 19.7 Å². The molecular formula is C17H12F3N3O2. The van der Waals surface area contributed by atoms with Crippen molar-refractivity contribution < 1.29 is 23.0 Å². The van der Waals surface area contributed by atoms with Crippen LogP contribution in [0.2, 0.25) is 0 Å². The zero-order valence-electron chi connectivity index (χ0n) is 12.7. The predicted octanol–water partition coefficient (Wildman–Crippen LogP) is 3.52. The van der Waals surface area contributed by atoms with Crippen molar-refractivity contribution in [3.63, 3.8) is 0 Å². The average molecular weight is 347 g/mol. The molecule has 0 spiro atoms. The fraction of sp³-hybridized carbons (Fsp3) is 0.118. The zero-order valence-corrected chi connectivity index (χ0v) is 12.7. The second-order valence-electron chi connectivity index (χ2n) is 5.12. The Bertz CT molecular complexity index is 823. The molecule has 1 aromatic carbocycles. The highest BCUT2D eigenvalue weighted by Crippen LogP contribution is 2.27. The van der Waals surface area contributed by atoms with E-state index in [4.69, 9.17) is 0 Å². The normalized spacial score (nSPS) is 12.6. The van der Waals surface area contributed by atoms with Crippen LogP contribution in [0.4, 0.5) is 13.2 Å². The number of hydrogen-bond donors (Lipinski definition) is 1. The highest BCUT2D eigenvalue weighted by Gasteiger charge is 2.30. The lowest BCUT2D eigenvalue weighted by Gasteiger charge is -2.11. The third kappa shape index (κ3) is 4.30. The van der Waals surface area contributed by atoms with Gasteiger partial charge < -0.3 is 9.84 Å². The lowest BCUT2D eigenvalue weighted by Crippen LogP contribution is -2.16. The highest BCUT2D eigenvalue weighted by molar-refractivity contribution is 5.63. The third-order valence-electron chi connectivity index (χ3n) is 3.38. The van der Waals surface area contributed by atoms with Gasteiger partial charge in [0.15, 0.2) is 0 Å². The number of halogens is 3. The Hall–Kier alpha value is -3.00. The summed E-state index contributed by atoms with van der Waals surface area (Å²) in [6.07, 6.45) is 0.195. The van der Waals surface area contributed by atoms with E-state index in [1.165, 1.54) is 49.2 Å². The van der Waals surface area contributed by atoms with E-state index in [1.54, 1.807) is 12.1 Å². The van der Waals surface area contributed by atoms with Gasteiger partial charge in [-0.3, -0.25) is 4.98 Å². The van der Waals surface area contributed by atoms with Gasteiger partial charge in [-0.15, -0.1) is 13.2 Å². The minimum Gasteiger partial charge on any atom is -0.406 e. The van der Waals surface area contributed by atoms with Crippen molar-refractivity contribution in [1.29, 1.82) is 0 Å². The number of aliphatic hydroxyl groups is 1. The molecule has 0 bridgehead atoms. The molecule has 1 atom stereocenters. The maximum atomic E-state index is 12.2. The first-order valence-corrected chi connectivity index (χ1v) is 7.17. The van der Waals surface area contributed by atoms with Crippen LogP contribution in [0, 0.1) is 0 Å². The summed E-state index contributed by atoms with van der Waals surface area (Å²) < 4.78 is 40.3. The van der Waals surface area contributed by atoms with Gasteiger partial charge in [0.1, 0.15) is 18.2 Å². The maximum Gasteiger partial charge on any atom is 0.573 e. The summed E-state index contributed by atoms with van der Waals surface area (Å²) in [5, 5.41) is 10.2. The Labute approximate surface area is 140 Å². The van der Waals surface area contributed by atoms with E-state index < -0.39 is 12.5 Å². The van der Waals surface area contributed by atoms with Crippen molar-refractivity contribution in [3.05, 3.63) is 72.6 Å². The van der Waals surface area contributed by atoms with Crippen molar-refractivity contribution >= 4 is 0 Å². The van der Waals surface area contributed by atoms with E-state index in [0.717, 1.165) is 0 Å². The molecule has 0 aliphatic heterocycles. The number of aromatic nitrogens is 3. The Morgan fingerprint density at radius 1 is 0.880 bits per heavy atom. The molecular weight excluding hydrogens is 335 g/mol. The van der Waals surface area contributed by atoms with E-state index in [1.807, 2.05) is 0 Å². The first-order chi connectivity index (χ1) is 11.9. The number of aliphatic hydroxyl groups excluding tert-OH is 1. The van der Waals surface area contributed by atoms with Crippen LogP contribution in [0.3, 0.4) is 0 Å². The maximum absolute atomic E-state index is 12.2. The molecule has 0 aliphatic rings. The zero-order chi connectivity index (χ0) is 17.9. The number of ether oxygens (including phenoxy) is 1. The number of rotatable bonds is 4. The van der Waals surface area contributed by atoms with Gasteiger partial charge in [-0.25, -0.2) is 9.97 Å². The largest absolute Gasteiger partial charge is 0.573 e. The Kier molecular flexibility index (Phi) is 4.62. The fourth-order valence-corrected chi connectivity index (χ4v) is 2.21. The van der Waals surface area contributed by atoms with Gasteiger partial charge in [0.25, 0.3) is 0 Å². The highest BCUT2D eigenvalue weighted by atomic mass is 19.4. The lowest BCUT2D eigenvalue weighted by molar-refractivity contribution is -0.274. The van der Waals surface area contributed by atoms with Gasteiger partial charge in [0.2, 0.25) is 0 Å². The average Bonchev–Trinajstić information content (AvgIpc) is 2.61. The molecule has 0 fully saturated rings. The summed E-state index contributed by atoms with van der Waals surface area (Å²) in [6, 6.07) is 8.81. The first kappa shape index (κ1) is 16.8. The van der Waals surface area contributed by atoms with Crippen LogP contribution in [0.25, 0.3) is 11.1 Å². The van der Waals surface area contributed by atoms with Gasteiger partial charge in [0.05, 0.1) is 5.69 Å². The van der Waals surface area contributed by atoms with Crippen LogP contribution in [0.15, 0.2) is 61.3 Å². The van der Waals surface area contributed by atoms with E-state index >= 15 is 0 Å². The van der Waals surface area contributed by atoms with Gasteiger partial charge in [0, 0.05) is 29.7 Å². The molecule has 3 rings (SSSR count). The van der Waals surface area contributed by atoms with Crippen molar-refractivity contribution in [2.45, 2.75) is 12.5 Å². The third-order valence-corrected chi connectivity index (χ3v) is 3.38. The summed E-state index contributed by atoms with van der Waals surface area (Å²) in [5.74, 6) is -0.291. The topological polar surface area (TPSA) is 68.1 Å². The minimum absolute atomic E-state index is 0.291. The van der Waals surface area contributed by atoms with Gasteiger partial charge in [-0.2, -0.15) is 0 Å². The summed E-state index contributed by atoms with van der Waals surface area (Å²) in [6.45, 7) is 0. The smallest absolute Gasteiger partial charge is 0.406 e. The molecule has 2 aromatic heterocycles. The van der Waals surface area contributed by atoms with Crippen LogP contribution >= 0.6 is 0 Å². The standard InChI is InChI=1S/C17H12F3N3O2/c18-17(19,20)25-14-4-1-11(2-5-14)12-3-6-15(23-9-12)16(24)13-7-21-10-22-8-13/h1-10,16,24H. The monoisotopic (exact) mass is 347 g/mol. The molecule has 128 valence electrons. The SMILES string of the molecule is OC(c1cncnc1)c1ccc(-c2ccc(OC(F)(F)F)cc2)cn1. The molecule has 0 aliphatic carbocycles. The Balaban J connectivity index is 1.76. The van der Waals surface area contributed by atoms with Crippen LogP contribution in [0.5, 0.6) is 5.75 Å². The molecule has 1 unspecified atom stereocenters. The number of pyridine rings is 1. The van der Waals surface area contributed by atoms with E-state index in [-0.39, 0.29) is 5.75 Å². The van der Waals surface area contributed by atoms with Crippen molar-refractivity contribution in [2.24, 2.45) is 0 Å². The van der Waals surface area contributed by atoms with Crippen LogP contribution in [-0.2, 0) is 0 Å². The van der Waals surface area contributed by atoms with Crippen LogP contribution < -0.4 is 4.74 Å². The van der Waals surface area contributed by atoms with Gasteiger partial charge >= 0.3 is 6.36 Å². The molecule has 0 saturated heterocycles. The summed E-state index contributed by atoms with van der Waals surface area (Å²) in [5.41, 5.74) is 2.29.